The van der Waals surface area contributed by atoms with E-state index in [2.05, 4.69) is 10.6 Å². The minimum Gasteiger partial charge on any atom is -0.311 e. The molecular formula is C8H16Cl2F4N2. The van der Waals surface area contributed by atoms with Gasteiger partial charge in [-0.25, -0.2) is 17.6 Å². The zero-order valence-corrected chi connectivity index (χ0v) is 10.1. The Kier molecular flexibility index (Phi) is 10.8. The number of hydrogen-bond donors (Lipinski definition) is 2. The molecule has 16 heavy (non-hydrogen) atoms. The molecule has 0 aromatic carbocycles. The molecular weight excluding hydrogens is 271 g/mol. The summed E-state index contributed by atoms with van der Waals surface area (Å²) in [7, 11) is 0. The van der Waals surface area contributed by atoms with Gasteiger partial charge in [0.05, 0.1) is 0 Å². The third-order valence-corrected chi connectivity index (χ3v) is 2.14. The first-order valence-electron chi connectivity index (χ1n) is 4.59. The standard InChI is InChI=1S/2C4H7F2N.2ClH/c2*5-3-1-7-2-4(3)6;;/h2*3-4,7H,1-2H2;2*1H/t2*3-,4+;;. The average Bonchev–Trinajstić information content (AvgIpc) is 2.67. The SMILES string of the molecule is Cl.Cl.F[C@@H]1CNC[C@@H]1F.F[C@@H]1CNC[C@@H]1F. The highest BCUT2D eigenvalue weighted by molar-refractivity contribution is 5.85. The van der Waals surface area contributed by atoms with Crippen LogP contribution in [0.3, 0.4) is 0 Å². The van der Waals surface area contributed by atoms with E-state index in [1.807, 2.05) is 0 Å². The Bertz CT molecular complexity index is 144. The molecule has 0 bridgehead atoms. The van der Waals surface area contributed by atoms with Crippen LogP contribution in [0.25, 0.3) is 0 Å². The summed E-state index contributed by atoms with van der Waals surface area (Å²) < 4.78 is 47.5. The molecule has 2 aliphatic heterocycles. The van der Waals surface area contributed by atoms with Gasteiger partial charge in [-0.2, -0.15) is 0 Å². The minimum absolute atomic E-state index is 0. The molecule has 0 aromatic heterocycles. The van der Waals surface area contributed by atoms with Gasteiger partial charge in [0.1, 0.15) is 24.7 Å². The fourth-order valence-corrected chi connectivity index (χ4v) is 1.23. The molecule has 0 aromatic rings. The van der Waals surface area contributed by atoms with Crippen molar-refractivity contribution >= 4 is 24.8 Å². The summed E-state index contributed by atoms with van der Waals surface area (Å²) in [5.41, 5.74) is 0. The van der Waals surface area contributed by atoms with E-state index in [1.165, 1.54) is 0 Å². The van der Waals surface area contributed by atoms with Crippen LogP contribution >= 0.6 is 24.8 Å². The molecule has 2 rings (SSSR count). The molecule has 4 atom stereocenters. The molecule has 0 aliphatic carbocycles. The Balaban J connectivity index is 0. The van der Waals surface area contributed by atoms with Crippen molar-refractivity contribution in [3.05, 3.63) is 0 Å². The smallest absolute Gasteiger partial charge is 0.145 e. The average molecular weight is 287 g/mol. The van der Waals surface area contributed by atoms with Crippen LogP contribution in [-0.2, 0) is 0 Å². The van der Waals surface area contributed by atoms with Crippen molar-refractivity contribution in [2.75, 3.05) is 26.2 Å². The van der Waals surface area contributed by atoms with Gasteiger partial charge in [-0.3, -0.25) is 0 Å². The fraction of sp³-hybridized carbons (Fsp3) is 1.00. The van der Waals surface area contributed by atoms with Gasteiger partial charge in [-0.15, -0.1) is 24.8 Å². The Labute approximate surface area is 104 Å². The second-order valence-electron chi connectivity index (χ2n) is 3.38. The second-order valence-corrected chi connectivity index (χ2v) is 3.38. The topological polar surface area (TPSA) is 24.1 Å². The highest BCUT2D eigenvalue weighted by Gasteiger charge is 2.25. The quantitative estimate of drug-likeness (QED) is 0.658. The van der Waals surface area contributed by atoms with E-state index in [9.17, 15) is 17.6 Å². The summed E-state index contributed by atoms with van der Waals surface area (Å²) in [6, 6.07) is 0. The van der Waals surface area contributed by atoms with Crippen LogP contribution in [0, 0.1) is 0 Å². The molecule has 2 aliphatic rings. The third-order valence-electron chi connectivity index (χ3n) is 2.14. The van der Waals surface area contributed by atoms with Crippen molar-refractivity contribution in [1.82, 2.24) is 10.6 Å². The monoisotopic (exact) mass is 286 g/mol. The van der Waals surface area contributed by atoms with Crippen LogP contribution in [0.15, 0.2) is 0 Å². The highest BCUT2D eigenvalue weighted by Crippen LogP contribution is 2.07. The molecule has 0 spiro atoms. The molecule has 0 unspecified atom stereocenters. The Morgan fingerprint density at radius 1 is 0.562 bits per heavy atom. The maximum absolute atomic E-state index is 11.9. The Hall–Kier alpha value is 0.220. The zero-order chi connectivity index (χ0) is 10.6. The van der Waals surface area contributed by atoms with E-state index in [1.54, 1.807) is 0 Å². The highest BCUT2D eigenvalue weighted by atomic mass is 35.5. The van der Waals surface area contributed by atoms with E-state index in [4.69, 9.17) is 0 Å². The van der Waals surface area contributed by atoms with Gasteiger partial charge in [0.15, 0.2) is 0 Å². The normalized spacial score (nSPS) is 36.8. The Morgan fingerprint density at radius 3 is 0.812 bits per heavy atom. The lowest BCUT2D eigenvalue weighted by atomic mass is 10.3. The first-order chi connectivity index (χ1) is 6.61. The number of hydrogen-bond acceptors (Lipinski definition) is 2. The van der Waals surface area contributed by atoms with Gasteiger partial charge >= 0.3 is 0 Å². The van der Waals surface area contributed by atoms with Crippen LogP contribution in [0.5, 0.6) is 0 Å². The van der Waals surface area contributed by atoms with Crippen molar-refractivity contribution in [2.45, 2.75) is 24.7 Å². The van der Waals surface area contributed by atoms with Crippen LogP contribution in [0.4, 0.5) is 17.6 Å². The summed E-state index contributed by atoms with van der Waals surface area (Å²) >= 11 is 0. The van der Waals surface area contributed by atoms with Gasteiger partial charge in [-0.05, 0) is 0 Å². The molecule has 8 heteroatoms. The maximum atomic E-state index is 11.9. The number of nitrogens with one attached hydrogen (secondary N) is 2. The number of alkyl halides is 4. The van der Waals surface area contributed by atoms with Crippen molar-refractivity contribution in [3.8, 4) is 0 Å². The fourth-order valence-electron chi connectivity index (χ4n) is 1.23. The van der Waals surface area contributed by atoms with E-state index in [-0.39, 0.29) is 51.0 Å². The third kappa shape index (κ3) is 6.08. The zero-order valence-electron chi connectivity index (χ0n) is 8.47. The van der Waals surface area contributed by atoms with E-state index in [0.29, 0.717) is 0 Å². The van der Waals surface area contributed by atoms with Crippen LogP contribution in [0.1, 0.15) is 0 Å². The van der Waals surface area contributed by atoms with Gasteiger partial charge in [0, 0.05) is 26.2 Å². The van der Waals surface area contributed by atoms with Crippen molar-refractivity contribution in [3.63, 3.8) is 0 Å². The van der Waals surface area contributed by atoms with Crippen LogP contribution in [0.2, 0.25) is 0 Å². The van der Waals surface area contributed by atoms with Gasteiger partial charge < -0.3 is 10.6 Å². The Morgan fingerprint density at radius 2 is 0.750 bits per heavy atom. The lowest BCUT2D eigenvalue weighted by Gasteiger charge is -1.95. The number of rotatable bonds is 0. The maximum Gasteiger partial charge on any atom is 0.145 e. The molecule has 100 valence electrons. The van der Waals surface area contributed by atoms with Gasteiger partial charge in [0.2, 0.25) is 0 Å². The van der Waals surface area contributed by atoms with E-state index < -0.39 is 24.7 Å². The minimum atomic E-state index is -1.26. The van der Waals surface area contributed by atoms with E-state index >= 15 is 0 Å². The summed E-state index contributed by atoms with van der Waals surface area (Å²) in [5, 5.41) is 5.14. The van der Waals surface area contributed by atoms with Crippen LogP contribution in [-0.4, -0.2) is 50.9 Å². The van der Waals surface area contributed by atoms with E-state index in [0.717, 1.165) is 0 Å². The molecule has 2 heterocycles. The van der Waals surface area contributed by atoms with Gasteiger partial charge in [0.25, 0.3) is 0 Å². The summed E-state index contributed by atoms with van der Waals surface area (Å²) in [4.78, 5) is 0. The van der Waals surface area contributed by atoms with Crippen molar-refractivity contribution < 1.29 is 17.6 Å². The van der Waals surface area contributed by atoms with Crippen molar-refractivity contribution in [1.29, 1.82) is 0 Å². The largest absolute Gasteiger partial charge is 0.311 e. The summed E-state index contributed by atoms with van der Waals surface area (Å²) in [6.07, 6.45) is -5.06. The molecule has 0 radical (unpaired) electrons. The van der Waals surface area contributed by atoms with Crippen molar-refractivity contribution in [2.24, 2.45) is 0 Å². The predicted molar refractivity (Wildman–Crippen MR) is 59.8 cm³/mol. The lowest BCUT2D eigenvalue weighted by Crippen LogP contribution is -2.12. The second kappa shape index (κ2) is 9.27. The van der Waals surface area contributed by atoms with Crippen LogP contribution < -0.4 is 10.6 Å². The molecule has 0 amide bonds. The molecule has 2 N–H and O–H groups in total. The predicted octanol–water partition coefficient (Wildman–Crippen LogP) is 1.38. The molecule has 2 fully saturated rings. The van der Waals surface area contributed by atoms with Gasteiger partial charge in [-0.1, -0.05) is 0 Å². The molecule has 2 saturated heterocycles. The summed E-state index contributed by atoms with van der Waals surface area (Å²) in [5.74, 6) is 0. The number of halogens is 6. The molecule has 2 nitrogen and oxygen atoms in total. The summed E-state index contributed by atoms with van der Waals surface area (Å²) in [6.45, 7) is 0.727. The first-order valence-corrected chi connectivity index (χ1v) is 4.59. The molecule has 0 saturated carbocycles. The first kappa shape index (κ1) is 18.6. The lowest BCUT2D eigenvalue weighted by molar-refractivity contribution is 0.217.